The van der Waals surface area contributed by atoms with E-state index in [1.165, 1.54) is 18.3 Å². The summed E-state index contributed by atoms with van der Waals surface area (Å²) in [5.74, 6) is 0.0450. The van der Waals surface area contributed by atoms with Crippen LogP contribution in [-0.2, 0) is 6.61 Å². The minimum absolute atomic E-state index is 0.104. The Morgan fingerprint density at radius 3 is 2.41 bits per heavy atom. The van der Waals surface area contributed by atoms with Gasteiger partial charge in [-0.3, -0.25) is 4.79 Å². The zero-order chi connectivity index (χ0) is 20.8. The van der Waals surface area contributed by atoms with Gasteiger partial charge in [-0.15, -0.1) is 0 Å². The molecular formula is C21H15Br2ClN2O3. The van der Waals surface area contributed by atoms with Crippen molar-refractivity contribution in [2.45, 2.75) is 6.61 Å². The normalized spacial score (nSPS) is 10.9. The summed E-state index contributed by atoms with van der Waals surface area (Å²) in [6.07, 6.45) is 1.50. The van der Waals surface area contributed by atoms with Crippen LogP contribution in [0.3, 0.4) is 0 Å². The molecule has 0 aliphatic rings. The molecule has 0 aliphatic heterocycles. The quantitative estimate of drug-likeness (QED) is 0.303. The summed E-state index contributed by atoms with van der Waals surface area (Å²) in [6.45, 7) is 0.387. The highest BCUT2D eigenvalue weighted by Crippen LogP contribution is 2.35. The van der Waals surface area contributed by atoms with Crippen LogP contribution in [-0.4, -0.2) is 17.2 Å². The summed E-state index contributed by atoms with van der Waals surface area (Å²) in [7, 11) is 0. The minimum Gasteiger partial charge on any atom is -0.507 e. The lowest BCUT2D eigenvalue weighted by Gasteiger charge is -2.11. The molecule has 0 bridgehead atoms. The van der Waals surface area contributed by atoms with E-state index in [0.29, 0.717) is 17.4 Å². The molecule has 3 aromatic rings. The van der Waals surface area contributed by atoms with Crippen LogP contribution in [0.1, 0.15) is 21.5 Å². The second-order valence-corrected chi connectivity index (χ2v) is 8.09. The molecule has 0 atom stereocenters. The van der Waals surface area contributed by atoms with Gasteiger partial charge in [-0.05, 0) is 79.4 Å². The highest BCUT2D eigenvalue weighted by molar-refractivity contribution is 9.11. The first kappa shape index (κ1) is 21.4. The van der Waals surface area contributed by atoms with Gasteiger partial charge in [0.15, 0.2) is 0 Å². The number of nitrogens with one attached hydrogen (secondary N) is 1. The van der Waals surface area contributed by atoms with Gasteiger partial charge < -0.3 is 9.84 Å². The van der Waals surface area contributed by atoms with Gasteiger partial charge in [0, 0.05) is 5.02 Å². The van der Waals surface area contributed by atoms with Gasteiger partial charge in [0.25, 0.3) is 5.91 Å². The van der Waals surface area contributed by atoms with E-state index in [-0.39, 0.29) is 11.3 Å². The first-order chi connectivity index (χ1) is 13.9. The molecule has 0 aromatic heterocycles. The van der Waals surface area contributed by atoms with Gasteiger partial charge in [-0.1, -0.05) is 35.9 Å². The number of phenolic OH excluding ortho intramolecular Hbond substituents is 1. The molecule has 0 fully saturated rings. The molecule has 3 aromatic carbocycles. The van der Waals surface area contributed by atoms with E-state index in [4.69, 9.17) is 16.3 Å². The number of carbonyl (C=O) groups excluding carboxylic acids is 1. The maximum absolute atomic E-state index is 12.1. The van der Waals surface area contributed by atoms with Crippen molar-refractivity contribution in [2.75, 3.05) is 0 Å². The Morgan fingerprint density at radius 2 is 1.76 bits per heavy atom. The average Bonchev–Trinajstić information content (AvgIpc) is 2.69. The molecule has 3 rings (SSSR count). The van der Waals surface area contributed by atoms with E-state index in [9.17, 15) is 9.90 Å². The van der Waals surface area contributed by atoms with Crippen molar-refractivity contribution in [1.29, 1.82) is 0 Å². The lowest BCUT2D eigenvalue weighted by molar-refractivity contribution is 0.0952. The summed E-state index contributed by atoms with van der Waals surface area (Å²) in [4.78, 5) is 12.1. The Bertz CT molecular complexity index is 1030. The van der Waals surface area contributed by atoms with Crippen molar-refractivity contribution in [3.05, 3.63) is 91.3 Å². The molecule has 1 amide bonds. The van der Waals surface area contributed by atoms with Crippen molar-refractivity contribution in [3.63, 3.8) is 0 Å². The van der Waals surface area contributed by atoms with E-state index in [1.54, 1.807) is 12.1 Å². The van der Waals surface area contributed by atoms with Crippen LogP contribution in [0, 0.1) is 0 Å². The molecule has 148 valence electrons. The molecular weight excluding hydrogens is 524 g/mol. The van der Waals surface area contributed by atoms with Crippen LogP contribution in [0.4, 0.5) is 0 Å². The van der Waals surface area contributed by atoms with Crippen LogP contribution >= 0.6 is 43.5 Å². The van der Waals surface area contributed by atoms with Crippen molar-refractivity contribution in [3.8, 4) is 11.5 Å². The van der Waals surface area contributed by atoms with Crippen molar-refractivity contribution >= 4 is 55.6 Å². The van der Waals surface area contributed by atoms with Crippen LogP contribution in [0.5, 0.6) is 11.5 Å². The predicted molar refractivity (Wildman–Crippen MR) is 121 cm³/mol. The fourth-order valence-electron chi connectivity index (χ4n) is 2.42. The first-order valence-electron chi connectivity index (χ1n) is 8.41. The maximum atomic E-state index is 12.1. The molecule has 8 heteroatoms. The van der Waals surface area contributed by atoms with Gasteiger partial charge in [0.05, 0.1) is 20.7 Å². The number of ether oxygens (including phenoxy) is 1. The number of halogens is 3. The largest absolute Gasteiger partial charge is 0.507 e. The van der Waals surface area contributed by atoms with E-state index in [0.717, 1.165) is 20.1 Å². The molecule has 2 N–H and O–H groups in total. The number of hydrazone groups is 1. The third kappa shape index (κ3) is 5.82. The number of para-hydroxylation sites is 1. The zero-order valence-corrected chi connectivity index (χ0v) is 18.8. The van der Waals surface area contributed by atoms with E-state index in [2.05, 4.69) is 42.4 Å². The molecule has 0 heterocycles. The Morgan fingerprint density at radius 1 is 1.10 bits per heavy atom. The highest BCUT2D eigenvalue weighted by atomic mass is 79.9. The SMILES string of the molecule is O=C(NN=Cc1cc(Br)c(OCc2ccc(Cl)cc2)c(Br)c1)c1ccccc1O. The van der Waals surface area contributed by atoms with Crippen LogP contribution in [0.25, 0.3) is 0 Å². The topological polar surface area (TPSA) is 70.9 Å². The van der Waals surface area contributed by atoms with Crippen LogP contribution < -0.4 is 10.2 Å². The first-order valence-corrected chi connectivity index (χ1v) is 10.4. The molecule has 0 radical (unpaired) electrons. The van der Waals surface area contributed by atoms with Crippen LogP contribution in [0.15, 0.2) is 74.7 Å². The molecule has 5 nitrogen and oxygen atoms in total. The van der Waals surface area contributed by atoms with Gasteiger partial charge in [-0.25, -0.2) is 5.43 Å². The lowest BCUT2D eigenvalue weighted by atomic mass is 10.2. The summed E-state index contributed by atoms with van der Waals surface area (Å²) in [5.41, 5.74) is 4.27. The Balaban J connectivity index is 1.65. The summed E-state index contributed by atoms with van der Waals surface area (Å²) in [6, 6.07) is 17.3. The fourth-order valence-corrected chi connectivity index (χ4v) is 4.00. The molecule has 0 unspecified atom stereocenters. The maximum Gasteiger partial charge on any atom is 0.275 e. The second kappa shape index (κ2) is 9.91. The van der Waals surface area contributed by atoms with Crippen molar-refractivity contribution in [2.24, 2.45) is 5.10 Å². The summed E-state index contributed by atoms with van der Waals surface area (Å²) < 4.78 is 7.35. The lowest BCUT2D eigenvalue weighted by Crippen LogP contribution is -2.17. The van der Waals surface area contributed by atoms with Gasteiger partial charge in [-0.2, -0.15) is 5.10 Å². The van der Waals surface area contributed by atoms with Crippen molar-refractivity contribution in [1.82, 2.24) is 5.43 Å². The third-order valence-corrected chi connectivity index (χ3v) is 5.28. The average molecular weight is 539 g/mol. The van der Waals surface area contributed by atoms with Crippen molar-refractivity contribution < 1.29 is 14.6 Å². The molecule has 29 heavy (non-hydrogen) atoms. The second-order valence-electron chi connectivity index (χ2n) is 5.95. The number of rotatable bonds is 6. The monoisotopic (exact) mass is 536 g/mol. The summed E-state index contributed by atoms with van der Waals surface area (Å²) in [5, 5.41) is 14.3. The molecule has 0 aliphatic carbocycles. The van der Waals surface area contributed by atoms with Gasteiger partial charge >= 0.3 is 0 Å². The Kier molecular flexibility index (Phi) is 7.30. The molecule has 0 spiro atoms. The number of carbonyl (C=O) groups is 1. The Hall–Kier alpha value is -2.35. The van der Waals surface area contributed by atoms with E-state index in [1.807, 2.05) is 36.4 Å². The van der Waals surface area contributed by atoms with Crippen LogP contribution in [0.2, 0.25) is 5.02 Å². The number of phenols is 1. The number of amides is 1. The standard InChI is InChI=1S/C21H15Br2ClN2O3/c22-17-9-14(11-25-26-21(28)16-3-1-2-4-19(16)27)10-18(23)20(17)29-12-13-5-7-15(24)8-6-13/h1-11,27H,12H2,(H,26,28). The minimum atomic E-state index is -0.500. The summed E-state index contributed by atoms with van der Waals surface area (Å²) >= 11 is 12.9. The number of aromatic hydroxyl groups is 1. The zero-order valence-electron chi connectivity index (χ0n) is 14.9. The predicted octanol–water partition coefficient (Wildman–Crippen LogP) is 5.91. The Labute approximate surface area is 189 Å². The van der Waals surface area contributed by atoms with Gasteiger partial charge in [0.2, 0.25) is 0 Å². The smallest absolute Gasteiger partial charge is 0.275 e. The number of nitrogens with zero attached hydrogens (tertiary/aromatic N) is 1. The van der Waals surface area contributed by atoms with E-state index < -0.39 is 5.91 Å². The number of benzene rings is 3. The number of hydrogen-bond acceptors (Lipinski definition) is 4. The number of hydrogen-bond donors (Lipinski definition) is 2. The highest BCUT2D eigenvalue weighted by Gasteiger charge is 2.10. The third-order valence-electron chi connectivity index (χ3n) is 3.85. The van der Waals surface area contributed by atoms with Gasteiger partial charge in [0.1, 0.15) is 18.1 Å². The fraction of sp³-hybridized carbons (Fsp3) is 0.0476. The molecule has 0 saturated heterocycles. The van der Waals surface area contributed by atoms with E-state index >= 15 is 0 Å². The molecule has 0 saturated carbocycles.